The van der Waals surface area contributed by atoms with Crippen molar-refractivity contribution in [1.82, 2.24) is 0 Å². The molecule has 14 heavy (non-hydrogen) atoms. The van der Waals surface area contributed by atoms with Crippen LogP contribution in [0, 0.1) is 17.1 Å². The maximum absolute atomic E-state index is 13.3. The third-order valence-electron chi connectivity index (χ3n) is 2.01. The molecule has 1 N–H and O–H groups in total. The van der Waals surface area contributed by atoms with Gasteiger partial charge in [0.15, 0.2) is 0 Å². The van der Waals surface area contributed by atoms with Crippen molar-refractivity contribution in [1.29, 1.82) is 5.26 Å². The Bertz CT molecular complexity index is 527. The SMILES string of the molecule is N#Cc1cc2c(CO)ccc(F)c2s1. The highest BCUT2D eigenvalue weighted by molar-refractivity contribution is 7.19. The summed E-state index contributed by atoms with van der Waals surface area (Å²) in [4.78, 5) is 0.458. The van der Waals surface area contributed by atoms with E-state index in [0.29, 0.717) is 20.5 Å². The Hall–Kier alpha value is -1.44. The number of thiophene rings is 1. The molecular weight excluding hydrogens is 201 g/mol. The molecule has 0 spiro atoms. The summed E-state index contributed by atoms with van der Waals surface area (Å²) in [6.45, 7) is -0.140. The molecule has 70 valence electrons. The van der Waals surface area contributed by atoms with E-state index in [4.69, 9.17) is 10.4 Å². The first kappa shape index (κ1) is 9.13. The molecule has 0 atom stereocenters. The fraction of sp³-hybridized carbons (Fsp3) is 0.100. The van der Waals surface area contributed by atoms with Crippen LogP contribution in [0.25, 0.3) is 10.1 Å². The zero-order valence-electron chi connectivity index (χ0n) is 7.12. The Morgan fingerprint density at radius 1 is 1.50 bits per heavy atom. The first-order valence-corrected chi connectivity index (χ1v) is 4.80. The number of hydrogen-bond donors (Lipinski definition) is 1. The van der Waals surface area contributed by atoms with Crippen LogP contribution in [-0.2, 0) is 6.61 Å². The van der Waals surface area contributed by atoms with Crippen LogP contribution in [0.3, 0.4) is 0 Å². The van der Waals surface area contributed by atoms with Gasteiger partial charge in [-0.15, -0.1) is 11.3 Å². The van der Waals surface area contributed by atoms with Crippen molar-refractivity contribution in [2.75, 3.05) is 0 Å². The lowest BCUT2D eigenvalue weighted by molar-refractivity contribution is 0.283. The van der Waals surface area contributed by atoms with Crippen LogP contribution in [0.15, 0.2) is 18.2 Å². The molecule has 0 saturated carbocycles. The predicted octanol–water partition coefficient (Wildman–Crippen LogP) is 2.40. The largest absolute Gasteiger partial charge is 0.392 e. The minimum atomic E-state index is -0.344. The summed E-state index contributed by atoms with van der Waals surface area (Å²) in [6.07, 6.45) is 0. The fourth-order valence-corrected chi connectivity index (χ4v) is 2.25. The van der Waals surface area contributed by atoms with Crippen LogP contribution in [0.5, 0.6) is 0 Å². The highest BCUT2D eigenvalue weighted by Crippen LogP contribution is 2.30. The second-order valence-corrected chi connectivity index (χ2v) is 3.88. The molecule has 0 unspecified atom stereocenters. The average Bonchev–Trinajstić information content (AvgIpc) is 2.63. The lowest BCUT2D eigenvalue weighted by Gasteiger charge is -1.98. The van der Waals surface area contributed by atoms with Crippen LogP contribution < -0.4 is 0 Å². The van der Waals surface area contributed by atoms with Crippen LogP contribution in [0.1, 0.15) is 10.4 Å². The fourth-order valence-electron chi connectivity index (χ4n) is 1.34. The third kappa shape index (κ3) is 1.27. The summed E-state index contributed by atoms with van der Waals surface area (Å²) in [5.41, 5.74) is 0.652. The van der Waals surface area contributed by atoms with Gasteiger partial charge in [-0.1, -0.05) is 6.07 Å². The number of aliphatic hydroxyl groups excluding tert-OH is 1. The molecule has 0 aliphatic carbocycles. The van der Waals surface area contributed by atoms with Crippen LogP contribution in [-0.4, -0.2) is 5.11 Å². The van der Waals surface area contributed by atoms with E-state index >= 15 is 0 Å². The van der Waals surface area contributed by atoms with Crippen molar-refractivity contribution in [2.24, 2.45) is 0 Å². The molecule has 2 nitrogen and oxygen atoms in total. The molecular formula is C10H6FNOS. The second-order valence-electron chi connectivity index (χ2n) is 2.83. The topological polar surface area (TPSA) is 44.0 Å². The van der Waals surface area contributed by atoms with Crippen molar-refractivity contribution in [3.05, 3.63) is 34.5 Å². The van der Waals surface area contributed by atoms with E-state index in [2.05, 4.69) is 0 Å². The van der Waals surface area contributed by atoms with Crippen molar-refractivity contribution in [3.8, 4) is 6.07 Å². The Morgan fingerprint density at radius 3 is 2.93 bits per heavy atom. The minimum Gasteiger partial charge on any atom is -0.392 e. The molecule has 0 bridgehead atoms. The molecule has 1 aromatic carbocycles. The normalized spacial score (nSPS) is 10.4. The van der Waals surface area contributed by atoms with Crippen molar-refractivity contribution >= 4 is 21.4 Å². The summed E-state index contributed by atoms with van der Waals surface area (Å²) in [7, 11) is 0. The number of halogens is 1. The van der Waals surface area contributed by atoms with E-state index < -0.39 is 0 Å². The summed E-state index contributed by atoms with van der Waals surface area (Å²) in [5.74, 6) is -0.344. The first-order chi connectivity index (χ1) is 6.76. The summed E-state index contributed by atoms with van der Waals surface area (Å²) >= 11 is 1.11. The quantitative estimate of drug-likeness (QED) is 0.780. The maximum Gasteiger partial charge on any atom is 0.141 e. The lowest BCUT2D eigenvalue weighted by atomic mass is 10.1. The van der Waals surface area contributed by atoms with Gasteiger partial charge in [0.25, 0.3) is 0 Å². The number of hydrogen-bond acceptors (Lipinski definition) is 3. The summed E-state index contributed by atoms with van der Waals surface area (Å²) in [5, 5.41) is 18.3. The number of aliphatic hydroxyl groups is 1. The van der Waals surface area contributed by atoms with E-state index in [1.54, 1.807) is 6.07 Å². The highest BCUT2D eigenvalue weighted by Gasteiger charge is 2.09. The van der Waals surface area contributed by atoms with Gasteiger partial charge in [-0.3, -0.25) is 0 Å². The van der Waals surface area contributed by atoms with Gasteiger partial charge in [-0.05, 0) is 17.7 Å². The maximum atomic E-state index is 13.3. The molecule has 0 aliphatic rings. The molecule has 0 fully saturated rings. The molecule has 0 amide bonds. The molecule has 2 aromatic rings. The van der Waals surface area contributed by atoms with Gasteiger partial charge >= 0.3 is 0 Å². The third-order valence-corrected chi connectivity index (χ3v) is 3.05. The van der Waals surface area contributed by atoms with E-state index in [9.17, 15) is 4.39 Å². The number of rotatable bonds is 1. The van der Waals surface area contributed by atoms with Gasteiger partial charge in [-0.2, -0.15) is 5.26 Å². The Kier molecular flexibility index (Phi) is 2.20. The molecule has 1 heterocycles. The summed E-state index contributed by atoms with van der Waals surface area (Å²) < 4.78 is 13.7. The van der Waals surface area contributed by atoms with Gasteiger partial charge in [0.2, 0.25) is 0 Å². The highest BCUT2D eigenvalue weighted by atomic mass is 32.1. The Balaban J connectivity index is 2.83. The van der Waals surface area contributed by atoms with Gasteiger partial charge < -0.3 is 5.11 Å². The molecule has 0 aliphatic heterocycles. The van der Waals surface area contributed by atoms with E-state index in [1.807, 2.05) is 6.07 Å². The van der Waals surface area contributed by atoms with Crippen LogP contribution >= 0.6 is 11.3 Å². The van der Waals surface area contributed by atoms with Gasteiger partial charge in [0.05, 0.1) is 11.3 Å². The van der Waals surface area contributed by atoms with Gasteiger partial charge in [0, 0.05) is 5.39 Å². The standard InChI is InChI=1S/C10H6FNOS/c11-9-2-1-6(5-13)8-3-7(4-12)14-10(8)9/h1-3,13H,5H2. The lowest BCUT2D eigenvalue weighted by Crippen LogP contribution is -1.84. The Morgan fingerprint density at radius 2 is 2.29 bits per heavy atom. The molecule has 0 radical (unpaired) electrons. The van der Waals surface area contributed by atoms with Crippen LogP contribution in [0.2, 0.25) is 0 Å². The number of nitriles is 1. The smallest absolute Gasteiger partial charge is 0.141 e. The number of fused-ring (bicyclic) bond motifs is 1. The van der Waals surface area contributed by atoms with Crippen molar-refractivity contribution in [3.63, 3.8) is 0 Å². The monoisotopic (exact) mass is 207 g/mol. The predicted molar refractivity (Wildman–Crippen MR) is 52.4 cm³/mol. The minimum absolute atomic E-state index is 0.140. The second kappa shape index (κ2) is 3.37. The molecule has 1 aromatic heterocycles. The van der Waals surface area contributed by atoms with Crippen molar-refractivity contribution < 1.29 is 9.50 Å². The number of nitrogens with zero attached hydrogens (tertiary/aromatic N) is 1. The zero-order valence-corrected chi connectivity index (χ0v) is 7.94. The Labute approximate surface area is 83.8 Å². The average molecular weight is 207 g/mol. The zero-order chi connectivity index (χ0) is 10.1. The van der Waals surface area contributed by atoms with Crippen LogP contribution in [0.4, 0.5) is 4.39 Å². The van der Waals surface area contributed by atoms with Gasteiger partial charge in [-0.25, -0.2) is 4.39 Å². The summed E-state index contributed by atoms with van der Waals surface area (Å²) in [6, 6.07) is 6.42. The van der Waals surface area contributed by atoms with E-state index in [0.717, 1.165) is 11.3 Å². The number of benzene rings is 1. The molecule has 0 saturated heterocycles. The van der Waals surface area contributed by atoms with Crippen molar-refractivity contribution in [2.45, 2.75) is 6.61 Å². The molecule has 2 rings (SSSR count). The van der Waals surface area contributed by atoms with E-state index in [1.165, 1.54) is 12.1 Å². The first-order valence-electron chi connectivity index (χ1n) is 3.98. The van der Waals surface area contributed by atoms with Gasteiger partial charge in [0.1, 0.15) is 16.8 Å². The van der Waals surface area contributed by atoms with E-state index in [-0.39, 0.29) is 12.4 Å². The molecule has 4 heteroatoms.